The van der Waals surface area contributed by atoms with Gasteiger partial charge < -0.3 is 5.32 Å². The van der Waals surface area contributed by atoms with E-state index in [2.05, 4.69) is 5.32 Å². The van der Waals surface area contributed by atoms with Crippen LogP contribution in [0.3, 0.4) is 0 Å². The van der Waals surface area contributed by atoms with Gasteiger partial charge in [-0.25, -0.2) is 0 Å². The zero-order valence-corrected chi connectivity index (χ0v) is 10.7. The molecule has 1 aliphatic carbocycles. The summed E-state index contributed by atoms with van der Waals surface area (Å²) in [5.41, 5.74) is -0.321. The summed E-state index contributed by atoms with van der Waals surface area (Å²) in [6, 6.07) is 3.90. The molecule has 1 aliphatic rings. The Morgan fingerprint density at radius 2 is 1.89 bits per heavy atom. The Kier molecular flexibility index (Phi) is 3.83. The molecule has 0 atom stereocenters. The van der Waals surface area contributed by atoms with Gasteiger partial charge in [-0.15, -0.1) is 0 Å². The molecular weight excluding hydrogens is 255 g/mol. The maximum atomic E-state index is 12.8. The molecule has 1 fully saturated rings. The third-order valence-electron chi connectivity index (χ3n) is 3.54. The van der Waals surface area contributed by atoms with E-state index < -0.39 is 11.7 Å². The van der Waals surface area contributed by atoms with Gasteiger partial charge in [-0.3, -0.25) is 4.79 Å². The van der Waals surface area contributed by atoms with Gasteiger partial charge in [-0.1, -0.05) is 18.9 Å². The summed E-state index contributed by atoms with van der Waals surface area (Å²) in [5.74, 6) is -0.231. The van der Waals surface area contributed by atoms with Crippen molar-refractivity contribution in [3.63, 3.8) is 0 Å². The van der Waals surface area contributed by atoms with E-state index in [-0.39, 0.29) is 23.1 Å². The van der Waals surface area contributed by atoms with Crippen LogP contribution in [0.4, 0.5) is 18.9 Å². The van der Waals surface area contributed by atoms with Crippen molar-refractivity contribution in [2.24, 2.45) is 5.92 Å². The third kappa shape index (κ3) is 3.28. The van der Waals surface area contributed by atoms with E-state index in [0.29, 0.717) is 0 Å². The van der Waals surface area contributed by atoms with E-state index in [1.807, 2.05) is 0 Å². The lowest BCUT2D eigenvalue weighted by molar-refractivity contribution is -0.138. The molecule has 1 aromatic rings. The van der Waals surface area contributed by atoms with Gasteiger partial charge in [0.1, 0.15) is 0 Å². The van der Waals surface area contributed by atoms with Gasteiger partial charge in [0, 0.05) is 11.6 Å². The van der Waals surface area contributed by atoms with Crippen molar-refractivity contribution in [2.45, 2.75) is 38.8 Å². The third-order valence-corrected chi connectivity index (χ3v) is 3.54. The van der Waals surface area contributed by atoms with E-state index in [9.17, 15) is 18.0 Å². The second-order valence-corrected chi connectivity index (χ2v) is 5.00. The first-order valence-electron chi connectivity index (χ1n) is 6.36. The van der Waals surface area contributed by atoms with Crippen molar-refractivity contribution in [3.05, 3.63) is 29.3 Å². The average molecular weight is 271 g/mol. The molecule has 0 aromatic heterocycles. The van der Waals surface area contributed by atoms with Crippen molar-refractivity contribution in [3.8, 4) is 0 Å². The lowest BCUT2D eigenvalue weighted by Gasteiger charge is -2.14. The number of benzene rings is 1. The SMILES string of the molecule is Cc1ccc(NC(=O)C2CCCC2)cc1C(F)(F)F. The molecule has 19 heavy (non-hydrogen) atoms. The lowest BCUT2D eigenvalue weighted by Crippen LogP contribution is -2.20. The Balaban J connectivity index is 2.15. The van der Waals surface area contributed by atoms with Gasteiger partial charge in [0.05, 0.1) is 5.56 Å². The summed E-state index contributed by atoms with van der Waals surface area (Å²) in [4.78, 5) is 11.9. The van der Waals surface area contributed by atoms with Crippen LogP contribution in [0.15, 0.2) is 18.2 Å². The molecule has 1 saturated carbocycles. The predicted molar refractivity (Wildman–Crippen MR) is 66.8 cm³/mol. The molecule has 0 bridgehead atoms. The van der Waals surface area contributed by atoms with Crippen molar-refractivity contribution in [1.82, 2.24) is 0 Å². The van der Waals surface area contributed by atoms with Crippen LogP contribution in [0.1, 0.15) is 36.8 Å². The van der Waals surface area contributed by atoms with Gasteiger partial charge in [0.25, 0.3) is 0 Å². The maximum absolute atomic E-state index is 12.8. The van der Waals surface area contributed by atoms with Gasteiger partial charge in [0.2, 0.25) is 5.91 Å². The molecule has 1 amide bonds. The highest BCUT2D eigenvalue weighted by Crippen LogP contribution is 2.34. The number of carbonyl (C=O) groups is 1. The van der Waals surface area contributed by atoms with E-state index in [1.54, 1.807) is 0 Å². The molecule has 0 unspecified atom stereocenters. The van der Waals surface area contributed by atoms with Crippen molar-refractivity contribution in [2.75, 3.05) is 5.32 Å². The summed E-state index contributed by atoms with van der Waals surface area (Å²) >= 11 is 0. The van der Waals surface area contributed by atoms with Crippen LogP contribution < -0.4 is 5.32 Å². The summed E-state index contributed by atoms with van der Waals surface area (Å²) in [5, 5.41) is 2.58. The minimum atomic E-state index is -4.39. The van der Waals surface area contributed by atoms with Gasteiger partial charge in [-0.05, 0) is 37.5 Å². The van der Waals surface area contributed by atoms with Crippen molar-refractivity contribution < 1.29 is 18.0 Å². The number of hydrogen-bond donors (Lipinski definition) is 1. The zero-order chi connectivity index (χ0) is 14.0. The number of halogens is 3. The van der Waals surface area contributed by atoms with Crippen LogP contribution in [-0.4, -0.2) is 5.91 Å². The van der Waals surface area contributed by atoms with Crippen LogP contribution in [-0.2, 0) is 11.0 Å². The maximum Gasteiger partial charge on any atom is 0.416 e. The smallest absolute Gasteiger partial charge is 0.326 e. The normalized spacial score (nSPS) is 16.6. The lowest BCUT2D eigenvalue weighted by atomic mass is 10.1. The molecular formula is C14H16F3NO. The highest BCUT2D eigenvalue weighted by molar-refractivity contribution is 5.92. The predicted octanol–water partition coefficient (Wildman–Crippen LogP) is 4.14. The summed E-state index contributed by atoms with van der Waals surface area (Å²) in [7, 11) is 0. The van der Waals surface area contributed by atoms with E-state index in [0.717, 1.165) is 31.7 Å². The van der Waals surface area contributed by atoms with E-state index >= 15 is 0 Å². The first-order valence-corrected chi connectivity index (χ1v) is 6.36. The standard InChI is InChI=1S/C14H16F3NO/c1-9-6-7-11(8-12(9)14(15,16)17)18-13(19)10-4-2-3-5-10/h6-8,10H,2-5H2,1H3,(H,18,19). The zero-order valence-electron chi connectivity index (χ0n) is 10.7. The highest BCUT2D eigenvalue weighted by atomic mass is 19.4. The highest BCUT2D eigenvalue weighted by Gasteiger charge is 2.32. The van der Waals surface area contributed by atoms with Crippen LogP contribution in [0.2, 0.25) is 0 Å². The van der Waals surface area contributed by atoms with E-state index in [1.165, 1.54) is 19.1 Å². The number of amides is 1. The Morgan fingerprint density at radius 3 is 2.47 bits per heavy atom. The number of rotatable bonds is 2. The Bertz CT molecular complexity index is 476. The molecule has 104 valence electrons. The molecule has 0 spiro atoms. The van der Waals surface area contributed by atoms with Crippen LogP contribution in [0, 0.1) is 12.8 Å². The van der Waals surface area contributed by atoms with Crippen molar-refractivity contribution in [1.29, 1.82) is 0 Å². The fourth-order valence-corrected chi connectivity index (χ4v) is 2.44. The number of anilines is 1. The largest absolute Gasteiger partial charge is 0.416 e. The van der Waals surface area contributed by atoms with Crippen LogP contribution in [0.5, 0.6) is 0 Å². The second-order valence-electron chi connectivity index (χ2n) is 5.00. The minimum Gasteiger partial charge on any atom is -0.326 e. The topological polar surface area (TPSA) is 29.1 Å². The summed E-state index contributed by atoms with van der Waals surface area (Å²) < 4.78 is 38.3. The fraction of sp³-hybridized carbons (Fsp3) is 0.500. The van der Waals surface area contributed by atoms with Crippen LogP contribution in [0.25, 0.3) is 0 Å². The quantitative estimate of drug-likeness (QED) is 0.860. The van der Waals surface area contributed by atoms with Crippen molar-refractivity contribution >= 4 is 11.6 Å². The Morgan fingerprint density at radius 1 is 1.26 bits per heavy atom. The molecule has 0 aliphatic heterocycles. The molecule has 1 aromatic carbocycles. The Hall–Kier alpha value is -1.52. The van der Waals surface area contributed by atoms with Gasteiger partial charge >= 0.3 is 6.18 Å². The Labute approximate surface area is 110 Å². The number of nitrogens with one attached hydrogen (secondary N) is 1. The average Bonchev–Trinajstić information content (AvgIpc) is 2.83. The molecule has 2 nitrogen and oxygen atoms in total. The number of alkyl halides is 3. The number of aryl methyl sites for hydroxylation is 1. The van der Waals surface area contributed by atoms with Gasteiger partial charge in [0.15, 0.2) is 0 Å². The minimum absolute atomic E-state index is 0.0596. The fourth-order valence-electron chi connectivity index (χ4n) is 2.44. The monoisotopic (exact) mass is 271 g/mol. The van der Waals surface area contributed by atoms with E-state index in [4.69, 9.17) is 0 Å². The molecule has 5 heteroatoms. The molecule has 0 heterocycles. The number of carbonyl (C=O) groups excluding carboxylic acids is 1. The van der Waals surface area contributed by atoms with Gasteiger partial charge in [-0.2, -0.15) is 13.2 Å². The first-order chi connectivity index (χ1) is 8.88. The summed E-state index contributed by atoms with van der Waals surface area (Å²) in [6.07, 6.45) is -0.717. The first kappa shape index (κ1) is 13.9. The molecule has 1 N–H and O–H groups in total. The summed E-state index contributed by atoms with van der Waals surface area (Å²) in [6.45, 7) is 1.41. The van der Waals surface area contributed by atoms with Crippen LogP contribution >= 0.6 is 0 Å². The second kappa shape index (κ2) is 5.23. The molecule has 2 rings (SSSR count). The molecule has 0 saturated heterocycles. The number of hydrogen-bond acceptors (Lipinski definition) is 1. The molecule has 0 radical (unpaired) electrons.